The Hall–Kier alpha value is -3.53. The normalized spacial score (nSPS) is 15.2. The van der Waals surface area contributed by atoms with Crippen LogP contribution in [0.4, 0.5) is 17.5 Å². The molecule has 0 bridgehead atoms. The molecular formula is C20H24N10. The highest BCUT2D eigenvalue weighted by atomic mass is 15.3. The fourth-order valence-corrected chi connectivity index (χ4v) is 3.74. The molecule has 10 heteroatoms. The van der Waals surface area contributed by atoms with Crippen molar-refractivity contribution in [2.45, 2.75) is 19.9 Å². The van der Waals surface area contributed by atoms with Gasteiger partial charge in [0.15, 0.2) is 11.5 Å². The third-order valence-corrected chi connectivity index (χ3v) is 5.45. The van der Waals surface area contributed by atoms with Crippen molar-refractivity contribution in [1.29, 1.82) is 0 Å². The number of hydrogen-bond acceptors (Lipinski definition) is 8. The first kappa shape index (κ1) is 18.5. The first-order valence-corrected chi connectivity index (χ1v) is 10.1. The van der Waals surface area contributed by atoms with Gasteiger partial charge in [-0.05, 0) is 13.8 Å². The first-order valence-electron chi connectivity index (χ1n) is 10.1. The van der Waals surface area contributed by atoms with Gasteiger partial charge in [0.2, 0.25) is 5.95 Å². The highest BCUT2D eigenvalue weighted by Gasteiger charge is 2.20. The zero-order valence-corrected chi connectivity index (χ0v) is 17.0. The Labute approximate surface area is 174 Å². The van der Waals surface area contributed by atoms with Gasteiger partial charge in [-0.25, -0.2) is 19.9 Å². The topological polar surface area (TPSA) is 103 Å². The summed E-state index contributed by atoms with van der Waals surface area (Å²) in [6.07, 6.45) is 12.6. The van der Waals surface area contributed by atoms with Crippen LogP contribution in [0.1, 0.15) is 13.8 Å². The lowest BCUT2D eigenvalue weighted by atomic mass is 10.2. The number of nitrogens with one attached hydrogen (secondary N) is 2. The number of anilines is 3. The van der Waals surface area contributed by atoms with Crippen molar-refractivity contribution in [3.8, 4) is 11.3 Å². The summed E-state index contributed by atoms with van der Waals surface area (Å²) >= 11 is 0. The summed E-state index contributed by atoms with van der Waals surface area (Å²) in [6.45, 7) is 8.42. The molecule has 0 aliphatic carbocycles. The second-order valence-corrected chi connectivity index (χ2v) is 7.61. The average Bonchev–Trinajstić information content (AvgIpc) is 3.47. The van der Waals surface area contributed by atoms with Crippen LogP contribution in [0.25, 0.3) is 16.9 Å². The average molecular weight is 404 g/mol. The number of aromatic nitrogens is 7. The largest absolute Gasteiger partial charge is 0.338 e. The smallest absolute Gasteiger partial charge is 0.225 e. The van der Waals surface area contributed by atoms with Gasteiger partial charge in [-0.3, -0.25) is 14.4 Å². The standard InChI is InChI=1S/C20H24N10/c1-14(2)28-5-7-29(8-6-28)20-23-11-16(12-24-20)27-18-19-21-3-4-30(19)17(13-22-18)15-9-25-26-10-15/h3-4,9-14H,5-8H2,1-2H3,(H,22,27)(H,25,26). The molecule has 154 valence electrons. The van der Waals surface area contributed by atoms with Crippen molar-refractivity contribution < 1.29 is 0 Å². The lowest BCUT2D eigenvalue weighted by Gasteiger charge is -2.36. The third kappa shape index (κ3) is 3.45. The highest BCUT2D eigenvalue weighted by molar-refractivity contribution is 5.73. The van der Waals surface area contributed by atoms with Crippen LogP contribution in [0.2, 0.25) is 0 Å². The van der Waals surface area contributed by atoms with Gasteiger partial charge in [0, 0.05) is 56.4 Å². The Morgan fingerprint density at radius 2 is 1.77 bits per heavy atom. The number of rotatable bonds is 5. The van der Waals surface area contributed by atoms with Crippen LogP contribution in [-0.2, 0) is 0 Å². The van der Waals surface area contributed by atoms with Gasteiger partial charge in [0.05, 0.1) is 36.2 Å². The van der Waals surface area contributed by atoms with Crippen LogP contribution in [0.5, 0.6) is 0 Å². The molecule has 1 fully saturated rings. The molecule has 1 aliphatic heterocycles. The van der Waals surface area contributed by atoms with Gasteiger partial charge < -0.3 is 10.2 Å². The number of hydrogen-bond donors (Lipinski definition) is 2. The van der Waals surface area contributed by atoms with E-state index in [1.54, 1.807) is 31.0 Å². The SMILES string of the molecule is CC(C)N1CCN(c2ncc(Nc3ncc(-c4cn[nH]c4)n4ccnc34)cn2)CC1. The maximum absolute atomic E-state index is 4.56. The van der Waals surface area contributed by atoms with E-state index in [0.717, 1.165) is 54.7 Å². The molecular weight excluding hydrogens is 380 g/mol. The summed E-state index contributed by atoms with van der Waals surface area (Å²) in [5.74, 6) is 1.41. The summed E-state index contributed by atoms with van der Waals surface area (Å²) in [6, 6.07) is 0.576. The third-order valence-electron chi connectivity index (χ3n) is 5.45. The monoisotopic (exact) mass is 404 g/mol. The lowest BCUT2D eigenvalue weighted by molar-refractivity contribution is 0.208. The van der Waals surface area contributed by atoms with Gasteiger partial charge in [0.1, 0.15) is 0 Å². The van der Waals surface area contributed by atoms with E-state index in [-0.39, 0.29) is 0 Å². The highest BCUT2D eigenvalue weighted by Crippen LogP contribution is 2.24. The van der Waals surface area contributed by atoms with Crippen LogP contribution >= 0.6 is 0 Å². The molecule has 0 atom stereocenters. The molecule has 30 heavy (non-hydrogen) atoms. The van der Waals surface area contributed by atoms with Crippen molar-refractivity contribution in [3.05, 3.63) is 43.4 Å². The zero-order valence-electron chi connectivity index (χ0n) is 17.0. The fourth-order valence-electron chi connectivity index (χ4n) is 3.74. The maximum Gasteiger partial charge on any atom is 0.225 e. The molecule has 5 rings (SSSR count). The van der Waals surface area contributed by atoms with Crippen LogP contribution in [0.3, 0.4) is 0 Å². The summed E-state index contributed by atoms with van der Waals surface area (Å²) < 4.78 is 1.98. The lowest BCUT2D eigenvalue weighted by Crippen LogP contribution is -2.49. The number of imidazole rings is 1. The van der Waals surface area contributed by atoms with E-state index in [2.05, 4.69) is 59.1 Å². The van der Waals surface area contributed by atoms with E-state index < -0.39 is 0 Å². The molecule has 1 aliphatic rings. The number of aromatic amines is 1. The molecule has 5 heterocycles. The second-order valence-electron chi connectivity index (χ2n) is 7.61. The molecule has 2 N–H and O–H groups in total. The Bertz CT molecular complexity index is 1110. The van der Waals surface area contributed by atoms with E-state index in [0.29, 0.717) is 11.9 Å². The Morgan fingerprint density at radius 1 is 0.967 bits per heavy atom. The van der Waals surface area contributed by atoms with Gasteiger partial charge >= 0.3 is 0 Å². The number of piperazine rings is 1. The summed E-state index contributed by atoms with van der Waals surface area (Å²) in [7, 11) is 0. The fraction of sp³-hybridized carbons (Fsp3) is 0.350. The van der Waals surface area contributed by atoms with Crippen molar-refractivity contribution in [2.24, 2.45) is 0 Å². The number of nitrogens with zero attached hydrogens (tertiary/aromatic N) is 8. The molecule has 10 nitrogen and oxygen atoms in total. The van der Waals surface area contributed by atoms with E-state index >= 15 is 0 Å². The number of fused-ring (bicyclic) bond motifs is 1. The van der Waals surface area contributed by atoms with Gasteiger partial charge in [-0.1, -0.05) is 0 Å². The van der Waals surface area contributed by atoms with Crippen LogP contribution in [0.15, 0.2) is 43.4 Å². The number of H-pyrrole nitrogens is 1. The molecule has 0 radical (unpaired) electrons. The Kier molecular flexibility index (Phi) is 4.75. The van der Waals surface area contributed by atoms with Crippen molar-refractivity contribution >= 4 is 23.1 Å². The van der Waals surface area contributed by atoms with Gasteiger partial charge in [-0.15, -0.1) is 0 Å². The molecule has 0 aromatic carbocycles. The van der Waals surface area contributed by atoms with E-state index in [1.807, 2.05) is 16.8 Å². The predicted molar refractivity (Wildman–Crippen MR) is 115 cm³/mol. The van der Waals surface area contributed by atoms with Gasteiger partial charge in [0.25, 0.3) is 0 Å². The Balaban J connectivity index is 1.33. The molecule has 0 saturated carbocycles. The van der Waals surface area contributed by atoms with Gasteiger partial charge in [-0.2, -0.15) is 5.10 Å². The van der Waals surface area contributed by atoms with Crippen molar-refractivity contribution in [3.63, 3.8) is 0 Å². The van der Waals surface area contributed by atoms with Crippen molar-refractivity contribution in [1.82, 2.24) is 39.4 Å². The summed E-state index contributed by atoms with van der Waals surface area (Å²) in [5.41, 5.74) is 3.35. The maximum atomic E-state index is 4.56. The van der Waals surface area contributed by atoms with Crippen LogP contribution in [0, 0.1) is 0 Å². The molecule has 0 unspecified atom stereocenters. The second kappa shape index (κ2) is 7.71. The molecule has 4 aromatic heterocycles. The minimum atomic E-state index is 0.576. The predicted octanol–water partition coefficient (Wildman–Crippen LogP) is 2.18. The van der Waals surface area contributed by atoms with Crippen LogP contribution in [-0.4, -0.2) is 71.7 Å². The summed E-state index contributed by atoms with van der Waals surface area (Å²) in [4.78, 5) is 22.8. The first-order chi connectivity index (χ1) is 14.7. The molecule has 0 spiro atoms. The zero-order chi connectivity index (χ0) is 20.5. The summed E-state index contributed by atoms with van der Waals surface area (Å²) in [5, 5.41) is 10.1. The minimum absolute atomic E-state index is 0.576. The van der Waals surface area contributed by atoms with E-state index in [9.17, 15) is 0 Å². The van der Waals surface area contributed by atoms with E-state index in [4.69, 9.17) is 0 Å². The molecule has 0 amide bonds. The Morgan fingerprint density at radius 3 is 2.47 bits per heavy atom. The minimum Gasteiger partial charge on any atom is -0.338 e. The van der Waals surface area contributed by atoms with Crippen molar-refractivity contribution in [2.75, 3.05) is 36.4 Å². The molecule has 4 aromatic rings. The molecule has 1 saturated heterocycles. The quantitative estimate of drug-likeness (QED) is 0.522. The van der Waals surface area contributed by atoms with E-state index in [1.165, 1.54) is 0 Å². The van der Waals surface area contributed by atoms with Crippen LogP contribution < -0.4 is 10.2 Å².